The van der Waals surface area contributed by atoms with Crippen molar-refractivity contribution in [2.45, 2.75) is 57.2 Å². The van der Waals surface area contributed by atoms with Crippen molar-refractivity contribution < 1.29 is 0 Å². The lowest BCUT2D eigenvalue weighted by Crippen LogP contribution is -2.62. The number of rotatable bonds is 1. The van der Waals surface area contributed by atoms with Crippen LogP contribution in [0.15, 0.2) is 4.99 Å². The van der Waals surface area contributed by atoms with Crippen LogP contribution < -0.4 is 11.3 Å². The van der Waals surface area contributed by atoms with Crippen molar-refractivity contribution in [3.63, 3.8) is 0 Å². The standard InChI is InChI=1S/C13H25N5/c1-10-8-17-7-3-2-4-12(17)9-18(10)13(16-14)15-11-5-6-11/h10-12H,2-9,14H2,1H3,(H,15,16). The van der Waals surface area contributed by atoms with Crippen LogP contribution in [-0.2, 0) is 0 Å². The first-order valence-corrected chi connectivity index (χ1v) is 7.33. The zero-order valence-electron chi connectivity index (χ0n) is 11.3. The number of aliphatic imine (C=N–C) groups is 1. The summed E-state index contributed by atoms with van der Waals surface area (Å²) in [6.45, 7) is 5.78. The number of nitrogens with one attached hydrogen (secondary N) is 1. The smallest absolute Gasteiger partial charge is 0.209 e. The van der Waals surface area contributed by atoms with Gasteiger partial charge in [0, 0.05) is 25.2 Å². The molecule has 0 aromatic rings. The Hall–Kier alpha value is -0.810. The molecule has 5 nitrogen and oxygen atoms in total. The largest absolute Gasteiger partial charge is 0.336 e. The third-order valence-electron chi connectivity index (χ3n) is 4.44. The van der Waals surface area contributed by atoms with Gasteiger partial charge >= 0.3 is 0 Å². The van der Waals surface area contributed by atoms with Crippen molar-refractivity contribution in [1.82, 2.24) is 15.2 Å². The van der Waals surface area contributed by atoms with Crippen molar-refractivity contribution in [2.75, 3.05) is 19.6 Å². The molecule has 0 bridgehead atoms. The molecule has 2 unspecified atom stereocenters. The monoisotopic (exact) mass is 251 g/mol. The van der Waals surface area contributed by atoms with Gasteiger partial charge < -0.3 is 4.90 Å². The van der Waals surface area contributed by atoms with Crippen molar-refractivity contribution >= 4 is 5.96 Å². The lowest BCUT2D eigenvalue weighted by atomic mass is 9.97. The molecule has 3 fully saturated rings. The van der Waals surface area contributed by atoms with Gasteiger partial charge in [-0.15, -0.1) is 0 Å². The number of hydrogen-bond donors (Lipinski definition) is 2. The van der Waals surface area contributed by atoms with Crippen LogP contribution in [0.3, 0.4) is 0 Å². The van der Waals surface area contributed by atoms with E-state index in [0.717, 1.165) is 19.0 Å². The van der Waals surface area contributed by atoms with Crippen molar-refractivity contribution in [2.24, 2.45) is 10.8 Å². The summed E-state index contributed by atoms with van der Waals surface area (Å²) in [4.78, 5) is 9.73. The number of nitrogens with zero attached hydrogens (tertiary/aromatic N) is 3. The van der Waals surface area contributed by atoms with Gasteiger partial charge in [0.1, 0.15) is 0 Å². The van der Waals surface area contributed by atoms with Gasteiger partial charge in [-0.2, -0.15) is 0 Å². The lowest BCUT2D eigenvalue weighted by Gasteiger charge is -2.48. The molecule has 3 N–H and O–H groups in total. The van der Waals surface area contributed by atoms with Crippen molar-refractivity contribution in [3.05, 3.63) is 0 Å². The van der Waals surface area contributed by atoms with Crippen molar-refractivity contribution in [3.8, 4) is 0 Å². The zero-order valence-corrected chi connectivity index (χ0v) is 11.3. The minimum absolute atomic E-state index is 0.507. The Bertz CT molecular complexity index is 325. The summed E-state index contributed by atoms with van der Waals surface area (Å²) in [5.74, 6) is 6.59. The van der Waals surface area contributed by atoms with Gasteiger partial charge in [-0.05, 0) is 39.2 Å². The van der Waals surface area contributed by atoms with E-state index < -0.39 is 0 Å². The average Bonchev–Trinajstić information content (AvgIpc) is 3.19. The first-order valence-electron chi connectivity index (χ1n) is 7.33. The zero-order chi connectivity index (χ0) is 12.5. The van der Waals surface area contributed by atoms with Gasteiger partial charge in [-0.1, -0.05) is 6.42 Å². The molecule has 0 aromatic heterocycles. The molecule has 3 rings (SSSR count). The molecule has 18 heavy (non-hydrogen) atoms. The Kier molecular flexibility index (Phi) is 3.43. The fourth-order valence-corrected chi connectivity index (χ4v) is 3.22. The first kappa shape index (κ1) is 12.2. The fourth-order valence-electron chi connectivity index (χ4n) is 3.22. The Morgan fingerprint density at radius 3 is 2.78 bits per heavy atom. The van der Waals surface area contributed by atoms with Crippen LogP contribution in [0.4, 0.5) is 0 Å². The highest BCUT2D eigenvalue weighted by atomic mass is 15.4. The quantitative estimate of drug-likeness (QED) is 0.309. The van der Waals surface area contributed by atoms with E-state index in [4.69, 9.17) is 10.8 Å². The lowest BCUT2D eigenvalue weighted by molar-refractivity contribution is 0.0484. The van der Waals surface area contributed by atoms with E-state index in [-0.39, 0.29) is 0 Å². The van der Waals surface area contributed by atoms with E-state index in [9.17, 15) is 0 Å². The Morgan fingerprint density at radius 2 is 2.06 bits per heavy atom. The summed E-state index contributed by atoms with van der Waals surface area (Å²) < 4.78 is 0. The van der Waals surface area contributed by atoms with Gasteiger partial charge in [0.15, 0.2) is 0 Å². The Balaban J connectivity index is 1.70. The van der Waals surface area contributed by atoms with Gasteiger partial charge in [0.25, 0.3) is 0 Å². The summed E-state index contributed by atoms with van der Waals surface area (Å²) in [7, 11) is 0. The molecular weight excluding hydrogens is 226 g/mol. The molecule has 0 radical (unpaired) electrons. The van der Waals surface area contributed by atoms with Crippen LogP contribution in [0.2, 0.25) is 0 Å². The summed E-state index contributed by atoms with van der Waals surface area (Å²) >= 11 is 0. The first-order chi connectivity index (χ1) is 8.78. The predicted molar refractivity (Wildman–Crippen MR) is 73.2 cm³/mol. The number of piperidine rings is 1. The van der Waals surface area contributed by atoms with Crippen LogP contribution in [0.25, 0.3) is 0 Å². The third-order valence-corrected chi connectivity index (χ3v) is 4.44. The summed E-state index contributed by atoms with van der Waals surface area (Å²) in [6, 6.07) is 1.73. The fraction of sp³-hybridized carbons (Fsp3) is 0.923. The minimum atomic E-state index is 0.507. The maximum Gasteiger partial charge on any atom is 0.209 e. The maximum absolute atomic E-state index is 5.67. The third kappa shape index (κ3) is 2.47. The van der Waals surface area contributed by atoms with Crippen LogP contribution in [-0.4, -0.2) is 53.5 Å². The van der Waals surface area contributed by atoms with Gasteiger partial charge in [0.2, 0.25) is 5.96 Å². The van der Waals surface area contributed by atoms with E-state index in [1.54, 1.807) is 0 Å². The summed E-state index contributed by atoms with van der Waals surface area (Å²) in [5.41, 5.74) is 2.83. The highest BCUT2D eigenvalue weighted by molar-refractivity contribution is 5.80. The number of fused-ring (bicyclic) bond motifs is 1. The summed E-state index contributed by atoms with van der Waals surface area (Å²) in [6.07, 6.45) is 6.51. The molecule has 2 aliphatic heterocycles. The Labute approximate surface area is 109 Å². The highest BCUT2D eigenvalue weighted by Crippen LogP contribution is 2.26. The molecule has 0 spiro atoms. The van der Waals surface area contributed by atoms with Crippen LogP contribution in [0, 0.1) is 0 Å². The number of hydrogen-bond acceptors (Lipinski definition) is 3. The minimum Gasteiger partial charge on any atom is -0.336 e. The van der Waals surface area contributed by atoms with Gasteiger partial charge in [-0.3, -0.25) is 10.3 Å². The number of guanidine groups is 1. The topological polar surface area (TPSA) is 56.9 Å². The predicted octanol–water partition coefficient (Wildman–Crippen LogP) is 0.527. The molecule has 2 atom stereocenters. The normalized spacial score (nSPS) is 34.3. The van der Waals surface area contributed by atoms with Crippen LogP contribution >= 0.6 is 0 Å². The molecule has 1 saturated carbocycles. The number of hydrazine groups is 1. The number of piperazine rings is 1. The molecule has 0 amide bonds. The second-order valence-corrected chi connectivity index (χ2v) is 5.97. The molecule has 5 heteroatoms. The van der Waals surface area contributed by atoms with Gasteiger partial charge in [-0.25, -0.2) is 10.8 Å². The van der Waals surface area contributed by atoms with Crippen molar-refractivity contribution in [1.29, 1.82) is 0 Å². The molecule has 1 aliphatic carbocycles. The highest BCUT2D eigenvalue weighted by Gasteiger charge is 2.35. The van der Waals surface area contributed by atoms with E-state index in [1.807, 2.05) is 0 Å². The van der Waals surface area contributed by atoms with Crippen LogP contribution in [0.1, 0.15) is 39.0 Å². The Morgan fingerprint density at radius 1 is 1.22 bits per heavy atom. The van der Waals surface area contributed by atoms with E-state index in [2.05, 4.69) is 22.1 Å². The molecule has 2 heterocycles. The van der Waals surface area contributed by atoms with Crippen LogP contribution in [0.5, 0.6) is 0 Å². The molecule has 2 saturated heterocycles. The number of nitrogens with two attached hydrogens (primary N) is 1. The maximum atomic E-state index is 5.67. The SMILES string of the molecule is CC1CN2CCCCC2CN1C(=NC1CC1)NN. The molecule has 102 valence electrons. The second kappa shape index (κ2) is 5.05. The van der Waals surface area contributed by atoms with Gasteiger partial charge in [0.05, 0.1) is 6.04 Å². The molecule has 3 aliphatic rings. The van der Waals surface area contributed by atoms with E-state index in [1.165, 1.54) is 38.6 Å². The molecular formula is C13H25N5. The summed E-state index contributed by atoms with van der Waals surface area (Å²) in [5, 5.41) is 0. The van der Waals surface area contributed by atoms with E-state index in [0.29, 0.717) is 18.1 Å². The molecule has 0 aromatic carbocycles. The average molecular weight is 251 g/mol. The second-order valence-electron chi connectivity index (χ2n) is 5.97. The van der Waals surface area contributed by atoms with E-state index >= 15 is 0 Å².